The number of likely N-dealkylation sites (tertiary alicyclic amines) is 1. The maximum atomic E-state index is 11.5. The van der Waals surface area contributed by atoms with Gasteiger partial charge in [0.1, 0.15) is 5.82 Å². The molecule has 1 aromatic rings. The molecular formula is C15H26N4O. The molecule has 5 heteroatoms. The molecule has 1 N–H and O–H groups in total. The minimum atomic E-state index is 0.270. The number of carbonyl (C=O) groups excluding carboxylic acids is 1. The summed E-state index contributed by atoms with van der Waals surface area (Å²) in [4.78, 5) is 23.4. The second-order valence-corrected chi connectivity index (χ2v) is 6.00. The van der Waals surface area contributed by atoms with Crippen molar-refractivity contribution in [3.8, 4) is 0 Å². The first-order chi connectivity index (χ1) is 9.58. The number of hydrogen-bond acceptors (Lipinski definition) is 3. The lowest BCUT2D eigenvalue weighted by Gasteiger charge is -2.19. The number of rotatable bonds is 7. The van der Waals surface area contributed by atoms with Crippen LogP contribution in [0.1, 0.15) is 37.7 Å². The van der Waals surface area contributed by atoms with E-state index in [2.05, 4.69) is 28.8 Å². The van der Waals surface area contributed by atoms with Crippen LogP contribution in [0.5, 0.6) is 0 Å². The summed E-state index contributed by atoms with van der Waals surface area (Å²) < 4.78 is 0. The number of aryl methyl sites for hydroxylation is 1. The van der Waals surface area contributed by atoms with Crippen LogP contribution in [0.4, 0.5) is 0 Å². The number of imidazole rings is 1. The normalized spacial score (nSPS) is 19.3. The molecule has 1 atom stereocenters. The predicted molar refractivity (Wildman–Crippen MR) is 79.3 cm³/mol. The SMILES string of the molecule is CCCCc1ncc(CN(C)CC2CC(=O)N(C)C2)[nH]1. The van der Waals surface area contributed by atoms with Gasteiger partial charge in [-0.2, -0.15) is 0 Å². The van der Waals surface area contributed by atoms with Crippen LogP contribution in [0.3, 0.4) is 0 Å². The highest BCUT2D eigenvalue weighted by atomic mass is 16.2. The van der Waals surface area contributed by atoms with E-state index in [4.69, 9.17) is 0 Å². The van der Waals surface area contributed by atoms with Crippen molar-refractivity contribution in [3.63, 3.8) is 0 Å². The van der Waals surface area contributed by atoms with Crippen LogP contribution >= 0.6 is 0 Å². The van der Waals surface area contributed by atoms with E-state index in [-0.39, 0.29) is 5.91 Å². The molecule has 20 heavy (non-hydrogen) atoms. The van der Waals surface area contributed by atoms with Gasteiger partial charge in [-0.3, -0.25) is 4.79 Å². The number of H-pyrrole nitrogens is 1. The Labute approximate surface area is 121 Å². The summed E-state index contributed by atoms with van der Waals surface area (Å²) in [7, 11) is 3.99. The Balaban J connectivity index is 1.78. The zero-order chi connectivity index (χ0) is 14.5. The first-order valence-corrected chi connectivity index (χ1v) is 7.53. The number of unbranched alkanes of at least 4 members (excludes halogenated alkanes) is 1. The molecule has 0 radical (unpaired) electrons. The quantitative estimate of drug-likeness (QED) is 0.825. The molecule has 0 aromatic carbocycles. The largest absolute Gasteiger partial charge is 0.345 e. The number of amides is 1. The highest BCUT2D eigenvalue weighted by molar-refractivity contribution is 5.78. The van der Waals surface area contributed by atoms with Gasteiger partial charge in [-0.25, -0.2) is 4.98 Å². The van der Waals surface area contributed by atoms with Crippen LogP contribution in [0.25, 0.3) is 0 Å². The lowest BCUT2D eigenvalue weighted by molar-refractivity contribution is -0.126. The summed E-state index contributed by atoms with van der Waals surface area (Å²) in [6.07, 6.45) is 6.03. The van der Waals surface area contributed by atoms with E-state index in [0.29, 0.717) is 12.3 Å². The fourth-order valence-electron chi connectivity index (χ4n) is 2.83. The summed E-state index contributed by atoms with van der Waals surface area (Å²) in [5.41, 5.74) is 1.16. The van der Waals surface area contributed by atoms with Crippen molar-refractivity contribution in [2.45, 2.75) is 39.2 Å². The third-order valence-corrected chi connectivity index (χ3v) is 3.88. The van der Waals surface area contributed by atoms with Gasteiger partial charge in [-0.05, 0) is 19.4 Å². The summed E-state index contributed by atoms with van der Waals surface area (Å²) in [6.45, 7) is 4.90. The molecule has 1 aromatic heterocycles. The van der Waals surface area contributed by atoms with E-state index in [1.165, 1.54) is 12.8 Å². The maximum Gasteiger partial charge on any atom is 0.222 e. The standard InChI is InChI=1S/C15H26N4O/c1-4-5-6-14-16-8-13(17-14)11-18(2)9-12-7-15(20)19(3)10-12/h8,12H,4-7,9-11H2,1-3H3,(H,16,17). The predicted octanol–water partition coefficient (Wildman–Crippen LogP) is 1.66. The second-order valence-electron chi connectivity index (χ2n) is 6.00. The molecule has 1 amide bonds. The van der Waals surface area contributed by atoms with Crippen molar-refractivity contribution >= 4 is 5.91 Å². The Morgan fingerprint density at radius 1 is 1.55 bits per heavy atom. The van der Waals surface area contributed by atoms with Crippen molar-refractivity contribution in [1.82, 2.24) is 19.8 Å². The third kappa shape index (κ3) is 4.07. The zero-order valence-corrected chi connectivity index (χ0v) is 12.9. The van der Waals surface area contributed by atoms with Gasteiger partial charge in [0.2, 0.25) is 5.91 Å². The van der Waals surface area contributed by atoms with E-state index in [0.717, 1.165) is 37.6 Å². The minimum Gasteiger partial charge on any atom is -0.345 e. The molecule has 0 spiro atoms. The second kappa shape index (κ2) is 6.88. The number of nitrogens with zero attached hydrogens (tertiary/aromatic N) is 3. The van der Waals surface area contributed by atoms with Gasteiger partial charge in [-0.1, -0.05) is 13.3 Å². The minimum absolute atomic E-state index is 0.270. The molecule has 2 rings (SSSR count). The smallest absolute Gasteiger partial charge is 0.222 e. The Kier molecular flexibility index (Phi) is 5.17. The highest BCUT2D eigenvalue weighted by Crippen LogP contribution is 2.17. The van der Waals surface area contributed by atoms with Crippen LogP contribution in [-0.4, -0.2) is 52.9 Å². The molecule has 0 bridgehead atoms. The number of carbonyl (C=O) groups is 1. The zero-order valence-electron chi connectivity index (χ0n) is 12.9. The fourth-order valence-corrected chi connectivity index (χ4v) is 2.83. The molecule has 112 valence electrons. The molecule has 5 nitrogen and oxygen atoms in total. The van der Waals surface area contributed by atoms with Gasteiger partial charge in [0.15, 0.2) is 0 Å². The first-order valence-electron chi connectivity index (χ1n) is 7.53. The molecule has 1 saturated heterocycles. The van der Waals surface area contributed by atoms with Gasteiger partial charge >= 0.3 is 0 Å². The summed E-state index contributed by atoms with van der Waals surface area (Å²) in [5.74, 6) is 1.82. The van der Waals surface area contributed by atoms with Gasteiger partial charge in [-0.15, -0.1) is 0 Å². The van der Waals surface area contributed by atoms with Crippen LogP contribution in [-0.2, 0) is 17.8 Å². The number of nitrogens with one attached hydrogen (secondary N) is 1. The van der Waals surface area contributed by atoms with E-state index < -0.39 is 0 Å². The first kappa shape index (κ1) is 15.0. The Hall–Kier alpha value is -1.36. The van der Waals surface area contributed by atoms with E-state index in [9.17, 15) is 4.79 Å². The molecule has 2 heterocycles. The Morgan fingerprint density at radius 3 is 3.00 bits per heavy atom. The van der Waals surface area contributed by atoms with Gasteiger partial charge in [0, 0.05) is 51.4 Å². The molecule has 1 unspecified atom stereocenters. The molecule has 1 aliphatic heterocycles. The van der Waals surface area contributed by atoms with Gasteiger partial charge in [0.25, 0.3) is 0 Å². The number of aromatic nitrogens is 2. The fraction of sp³-hybridized carbons (Fsp3) is 0.733. The highest BCUT2D eigenvalue weighted by Gasteiger charge is 2.27. The van der Waals surface area contributed by atoms with Crippen molar-refractivity contribution in [3.05, 3.63) is 17.7 Å². The van der Waals surface area contributed by atoms with Gasteiger partial charge in [0.05, 0.1) is 0 Å². The van der Waals surface area contributed by atoms with Crippen molar-refractivity contribution in [2.24, 2.45) is 5.92 Å². The molecule has 0 aliphatic carbocycles. The van der Waals surface area contributed by atoms with Crippen molar-refractivity contribution in [1.29, 1.82) is 0 Å². The monoisotopic (exact) mass is 278 g/mol. The summed E-state index contributed by atoms with van der Waals surface area (Å²) in [6, 6.07) is 0. The Morgan fingerprint density at radius 2 is 2.35 bits per heavy atom. The van der Waals surface area contributed by atoms with Crippen LogP contribution in [0, 0.1) is 5.92 Å². The van der Waals surface area contributed by atoms with E-state index >= 15 is 0 Å². The summed E-state index contributed by atoms with van der Waals surface area (Å²) >= 11 is 0. The Bertz CT molecular complexity index is 443. The van der Waals surface area contributed by atoms with Crippen LogP contribution in [0.15, 0.2) is 6.20 Å². The lowest BCUT2D eigenvalue weighted by atomic mass is 10.1. The van der Waals surface area contributed by atoms with Crippen molar-refractivity contribution < 1.29 is 4.79 Å². The molecule has 0 saturated carbocycles. The van der Waals surface area contributed by atoms with E-state index in [1.807, 2.05) is 18.1 Å². The lowest BCUT2D eigenvalue weighted by Crippen LogP contribution is -2.27. The summed E-state index contributed by atoms with van der Waals surface area (Å²) in [5, 5.41) is 0. The third-order valence-electron chi connectivity index (χ3n) is 3.88. The molecule has 1 aliphatic rings. The number of aromatic amines is 1. The van der Waals surface area contributed by atoms with Crippen molar-refractivity contribution in [2.75, 3.05) is 27.2 Å². The van der Waals surface area contributed by atoms with Crippen LogP contribution < -0.4 is 0 Å². The topological polar surface area (TPSA) is 52.2 Å². The average Bonchev–Trinajstić information content (AvgIpc) is 2.94. The average molecular weight is 278 g/mol. The maximum absolute atomic E-state index is 11.5. The molecule has 1 fully saturated rings. The van der Waals surface area contributed by atoms with Gasteiger partial charge < -0.3 is 14.8 Å². The number of hydrogen-bond donors (Lipinski definition) is 1. The van der Waals surface area contributed by atoms with E-state index in [1.54, 1.807) is 0 Å². The molecular weight excluding hydrogens is 252 g/mol. The van der Waals surface area contributed by atoms with Crippen LogP contribution in [0.2, 0.25) is 0 Å².